The maximum Gasteiger partial charge on any atom is 0.191 e. The molecule has 1 saturated heterocycles. The van der Waals surface area contributed by atoms with E-state index in [1.54, 1.807) is 7.05 Å². The largest absolute Gasteiger partial charge is 0.379 e. The molecule has 0 atom stereocenters. The predicted octanol–water partition coefficient (Wildman–Crippen LogP) is 2.64. The Hall–Kier alpha value is -1.10. The number of nitrogens with zero attached hydrogens (tertiary/aromatic N) is 2. The fourth-order valence-electron chi connectivity index (χ4n) is 2.86. The first kappa shape index (κ1) is 25.9. The molecular weight excluding hydrogens is 483 g/mol. The highest BCUT2D eigenvalue weighted by Gasteiger charge is 2.10. The van der Waals surface area contributed by atoms with Crippen LogP contribution < -0.4 is 15.5 Å². The van der Waals surface area contributed by atoms with Crippen LogP contribution in [-0.4, -0.2) is 72.3 Å². The topological polar surface area (TPSA) is 67.4 Å². The number of morpholine rings is 1. The Morgan fingerprint density at radius 2 is 1.72 bits per heavy atom. The van der Waals surface area contributed by atoms with E-state index in [1.807, 2.05) is 0 Å². The molecule has 166 valence electrons. The monoisotopic (exact) mass is 520 g/mol. The van der Waals surface area contributed by atoms with Gasteiger partial charge in [0.05, 0.1) is 33.0 Å². The first-order valence-electron chi connectivity index (χ1n) is 10.3. The van der Waals surface area contributed by atoms with E-state index in [1.165, 1.54) is 11.3 Å². The van der Waals surface area contributed by atoms with Gasteiger partial charge in [-0.2, -0.15) is 0 Å². The van der Waals surface area contributed by atoms with Crippen LogP contribution in [0.1, 0.15) is 25.3 Å². The third-order valence-corrected chi connectivity index (χ3v) is 4.55. The van der Waals surface area contributed by atoms with Gasteiger partial charge in [0.25, 0.3) is 0 Å². The minimum absolute atomic E-state index is 0. The summed E-state index contributed by atoms with van der Waals surface area (Å²) >= 11 is 0. The summed E-state index contributed by atoms with van der Waals surface area (Å²) in [7, 11) is 1.78. The quantitative estimate of drug-likeness (QED) is 0.191. The Morgan fingerprint density at radius 3 is 2.38 bits per heavy atom. The lowest BCUT2D eigenvalue weighted by Gasteiger charge is -2.28. The van der Waals surface area contributed by atoms with Crippen molar-refractivity contribution in [3.63, 3.8) is 0 Å². The summed E-state index contributed by atoms with van der Waals surface area (Å²) in [5, 5.41) is 6.60. The predicted molar refractivity (Wildman–Crippen MR) is 130 cm³/mol. The molecule has 1 aromatic carbocycles. The lowest BCUT2D eigenvalue weighted by Crippen LogP contribution is -2.38. The van der Waals surface area contributed by atoms with Gasteiger partial charge in [0.2, 0.25) is 0 Å². The van der Waals surface area contributed by atoms with Gasteiger partial charge < -0.3 is 29.7 Å². The van der Waals surface area contributed by atoms with Gasteiger partial charge in [-0.15, -0.1) is 24.0 Å². The highest BCUT2D eigenvalue weighted by molar-refractivity contribution is 14.0. The average Bonchev–Trinajstić information content (AvgIpc) is 2.75. The molecule has 1 aromatic rings. The number of unbranched alkanes of at least 4 members (excludes halogenated alkanes) is 1. The molecule has 0 saturated carbocycles. The van der Waals surface area contributed by atoms with Crippen LogP contribution in [0, 0.1) is 0 Å². The highest BCUT2D eigenvalue weighted by atomic mass is 127. The summed E-state index contributed by atoms with van der Waals surface area (Å²) in [6, 6.07) is 8.67. The summed E-state index contributed by atoms with van der Waals surface area (Å²) in [5.41, 5.74) is 2.48. The number of aliphatic imine (C=N–C) groups is 1. The van der Waals surface area contributed by atoms with E-state index in [-0.39, 0.29) is 24.0 Å². The van der Waals surface area contributed by atoms with Crippen LogP contribution in [-0.2, 0) is 20.8 Å². The van der Waals surface area contributed by atoms with Gasteiger partial charge in [0.1, 0.15) is 0 Å². The van der Waals surface area contributed by atoms with Crippen LogP contribution in [0.5, 0.6) is 0 Å². The number of hydrogen-bond donors (Lipinski definition) is 2. The highest BCUT2D eigenvalue weighted by Crippen LogP contribution is 2.16. The van der Waals surface area contributed by atoms with E-state index in [4.69, 9.17) is 14.2 Å². The number of benzene rings is 1. The van der Waals surface area contributed by atoms with Crippen molar-refractivity contribution in [2.45, 2.75) is 26.3 Å². The molecule has 8 heteroatoms. The van der Waals surface area contributed by atoms with Gasteiger partial charge in [-0.25, -0.2) is 0 Å². The van der Waals surface area contributed by atoms with E-state index in [9.17, 15) is 0 Å². The van der Waals surface area contributed by atoms with Crippen molar-refractivity contribution >= 4 is 35.6 Å². The average molecular weight is 520 g/mol. The van der Waals surface area contributed by atoms with Gasteiger partial charge in [-0.1, -0.05) is 25.5 Å². The number of hydrogen-bond acceptors (Lipinski definition) is 5. The summed E-state index contributed by atoms with van der Waals surface area (Å²) in [5.74, 6) is 0.778. The standard InChI is InChI=1S/C21H36N4O3.HI/c1-3-4-12-26-16-17-27-13-9-23-21(22-2)24-18-19-5-7-20(8-6-19)25-10-14-28-15-11-25;/h5-8H,3-4,9-18H2,1-2H3,(H2,22,23,24);1H. The smallest absolute Gasteiger partial charge is 0.191 e. The van der Waals surface area contributed by atoms with Crippen molar-refractivity contribution in [2.75, 3.05) is 71.2 Å². The number of anilines is 1. The molecule has 0 bridgehead atoms. The van der Waals surface area contributed by atoms with Crippen LogP contribution in [0.15, 0.2) is 29.3 Å². The normalized spacial score (nSPS) is 14.4. The summed E-state index contributed by atoms with van der Waals surface area (Å²) in [4.78, 5) is 6.61. The van der Waals surface area contributed by atoms with Crippen LogP contribution in [0.2, 0.25) is 0 Å². The van der Waals surface area contributed by atoms with Crippen molar-refractivity contribution in [2.24, 2.45) is 4.99 Å². The van der Waals surface area contributed by atoms with Gasteiger partial charge >= 0.3 is 0 Å². The van der Waals surface area contributed by atoms with Gasteiger partial charge in [0.15, 0.2) is 5.96 Å². The minimum atomic E-state index is 0. The number of halogens is 1. The summed E-state index contributed by atoms with van der Waals surface area (Å²) in [6.45, 7) is 9.88. The zero-order valence-corrected chi connectivity index (χ0v) is 20.2. The molecule has 1 fully saturated rings. The summed E-state index contributed by atoms with van der Waals surface area (Å²) in [6.07, 6.45) is 2.27. The molecule has 0 aliphatic carbocycles. The first-order valence-corrected chi connectivity index (χ1v) is 10.3. The molecule has 0 amide bonds. The second-order valence-corrected chi connectivity index (χ2v) is 6.70. The second-order valence-electron chi connectivity index (χ2n) is 6.70. The van der Waals surface area contributed by atoms with Crippen LogP contribution in [0.25, 0.3) is 0 Å². The van der Waals surface area contributed by atoms with Crippen molar-refractivity contribution in [1.82, 2.24) is 10.6 Å². The molecule has 1 aliphatic rings. The first-order chi connectivity index (χ1) is 13.8. The lowest BCUT2D eigenvalue weighted by atomic mass is 10.2. The number of nitrogens with one attached hydrogen (secondary N) is 2. The molecule has 1 heterocycles. The van der Waals surface area contributed by atoms with E-state index < -0.39 is 0 Å². The fourth-order valence-corrected chi connectivity index (χ4v) is 2.86. The van der Waals surface area contributed by atoms with Gasteiger partial charge in [-0.05, 0) is 24.1 Å². The second kappa shape index (κ2) is 16.7. The van der Waals surface area contributed by atoms with Crippen molar-refractivity contribution in [3.8, 4) is 0 Å². The van der Waals surface area contributed by atoms with Gasteiger partial charge in [0, 0.05) is 45.5 Å². The zero-order valence-electron chi connectivity index (χ0n) is 17.8. The molecule has 2 N–H and O–H groups in total. The molecule has 1 aliphatic heterocycles. The van der Waals surface area contributed by atoms with Gasteiger partial charge in [-0.3, -0.25) is 4.99 Å². The third kappa shape index (κ3) is 11.0. The van der Waals surface area contributed by atoms with E-state index in [0.717, 1.165) is 58.3 Å². The van der Waals surface area contributed by atoms with Crippen molar-refractivity contribution in [3.05, 3.63) is 29.8 Å². The maximum atomic E-state index is 5.56. The molecule has 0 aromatic heterocycles. The number of guanidine groups is 1. The van der Waals surface area contributed by atoms with Crippen LogP contribution in [0.4, 0.5) is 5.69 Å². The molecule has 0 radical (unpaired) electrons. The van der Waals surface area contributed by atoms with Crippen LogP contribution in [0.3, 0.4) is 0 Å². The van der Waals surface area contributed by atoms with E-state index in [0.29, 0.717) is 26.4 Å². The van der Waals surface area contributed by atoms with Crippen LogP contribution >= 0.6 is 24.0 Å². The Morgan fingerprint density at radius 1 is 1.03 bits per heavy atom. The molecule has 0 spiro atoms. The molecular formula is C21H37IN4O3. The zero-order chi connectivity index (χ0) is 19.9. The Kier molecular flexibility index (Phi) is 14.9. The Bertz CT molecular complexity index is 551. The number of rotatable bonds is 12. The third-order valence-electron chi connectivity index (χ3n) is 4.55. The van der Waals surface area contributed by atoms with E-state index >= 15 is 0 Å². The molecule has 2 rings (SSSR count). The molecule has 0 unspecified atom stereocenters. The maximum absolute atomic E-state index is 5.56. The van der Waals surface area contributed by atoms with E-state index in [2.05, 4.69) is 51.7 Å². The molecule has 7 nitrogen and oxygen atoms in total. The lowest BCUT2D eigenvalue weighted by molar-refractivity contribution is 0.0487. The Labute approximate surface area is 192 Å². The summed E-state index contributed by atoms with van der Waals surface area (Å²) < 4.78 is 16.4. The number of ether oxygens (including phenoxy) is 3. The fraction of sp³-hybridized carbons (Fsp3) is 0.667. The van der Waals surface area contributed by atoms with Crippen molar-refractivity contribution < 1.29 is 14.2 Å². The minimum Gasteiger partial charge on any atom is -0.379 e. The Balaban J connectivity index is 0.00000420. The SMILES string of the molecule is CCCCOCCOCCNC(=NC)NCc1ccc(N2CCOCC2)cc1.I. The van der Waals surface area contributed by atoms with Crippen molar-refractivity contribution in [1.29, 1.82) is 0 Å². The molecule has 29 heavy (non-hydrogen) atoms.